The second kappa shape index (κ2) is 14.1. The molecule has 3 aliphatic rings. The van der Waals surface area contributed by atoms with Crippen LogP contribution in [0, 0.1) is 11.7 Å². The fourth-order valence-electron chi connectivity index (χ4n) is 6.80. The van der Waals surface area contributed by atoms with Crippen LogP contribution in [-0.4, -0.2) is 81.1 Å². The molecule has 1 aromatic heterocycles. The molecule has 0 unspecified atom stereocenters. The summed E-state index contributed by atoms with van der Waals surface area (Å²) in [6.07, 6.45) is 9.41. The lowest BCUT2D eigenvalue weighted by Crippen LogP contribution is -2.61. The minimum absolute atomic E-state index is 0. The van der Waals surface area contributed by atoms with E-state index in [4.69, 9.17) is 5.73 Å². The molecule has 0 spiro atoms. The van der Waals surface area contributed by atoms with Gasteiger partial charge in [0.25, 0.3) is 0 Å². The van der Waals surface area contributed by atoms with Crippen molar-refractivity contribution in [2.75, 3.05) is 26.7 Å². The lowest BCUT2D eigenvalue weighted by Gasteiger charge is -2.47. The van der Waals surface area contributed by atoms with Crippen molar-refractivity contribution < 1.29 is 14.0 Å². The van der Waals surface area contributed by atoms with Crippen LogP contribution in [0.1, 0.15) is 69.2 Å². The highest BCUT2D eigenvalue weighted by Crippen LogP contribution is 2.37. The molecule has 2 saturated heterocycles. The molecule has 0 bridgehead atoms. The number of aromatic nitrogens is 2. The lowest BCUT2D eigenvalue weighted by atomic mass is 9.82. The van der Waals surface area contributed by atoms with Crippen LogP contribution < -0.4 is 5.73 Å². The van der Waals surface area contributed by atoms with Crippen molar-refractivity contribution in [2.45, 2.75) is 82.6 Å². The first-order chi connectivity index (χ1) is 18.3. The Kier molecular flexibility index (Phi) is 11.4. The average Bonchev–Trinajstić information content (AvgIpc) is 3.58. The van der Waals surface area contributed by atoms with E-state index in [1.165, 1.54) is 18.6 Å². The largest absolute Gasteiger partial charge is 0.368 e. The summed E-state index contributed by atoms with van der Waals surface area (Å²) in [5, 5.41) is 4.60. The van der Waals surface area contributed by atoms with Crippen LogP contribution in [-0.2, 0) is 16.1 Å². The Labute approximate surface area is 249 Å². The van der Waals surface area contributed by atoms with E-state index in [9.17, 15) is 14.0 Å². The number of piperazine rings is 1. The Balaban J connectivity index is 0.00000220. The zero-order chi connectivity index (χ0) is 26.8. The third-order valence-electron chi connectivity index (χ3n) is 9.12. The van der Waals surface area contributed by atoms with E-state index < -0.39 is 11.9 Å². The van der Waals surface area contributed by atoms with Gasteiger partial charge in [-0.1, -0.05) is 31.4 Å². The van der Waals surface area contributed by atoms with Crippen LogP contribution in [0.2, 0.25) is 0 Å². The lowest BCUT2D eigenvalue weighted by molar-refractivity contribution is -0.147. The highest BCUT2D eigenvalue weighted by molar-refractivity contribution is 5.86. The first kappa shape index (κ1) is 32.3. The smallest absolute Gasteiger partial charge is 0.240 e. The predicted octanol–water partition coefficient (Wildman–Crippen LogP) is 4.02. The standard InChI is InChI=1S/C29H41FN6O2.2ClH/c1-20(28(31)37)33(2)27(22-7-4-3-5-8-22)29(38)35-18-24-9-6-16-34(24)19-26(35)25-14-15-32-36(25)17-21-10-12-23(30)13-11-21;;/h10-15,20,22,24,26-27H,3-9,16-19H2,1-2H3,(H2,31,37);2*1H/t20-,24+,26-,27-;;/m0../s1. The summed E-state index contributed by atoms with van der Waals surface area (Å²) in [6.45, 7) is 4.79. The van der Waals surface area contributed by atoms with Crippen LogP contribution >= 0.6 is 24.8 Å². The van der Waals surface area contributed by atoms with Gasteiger partial charge in [0.15, 0.2) is 0 Å². The van der Waals surface area contributed by atoms with Gasteiger partial charge >= 0.3 is 0 Å². The molecule has 40 heavy (non-hydrogen) atoms. The van der Waals surface area contributed by atoms with E-state index in [1.54, 1.807) is 25.3 Å². The SMILES string of the molecule is C[C@@H](C(N)=O)N(C)[C@H](C(=O)N1C[C@H]2CCCN2C[C@H]1c1ccnn1Cc1ccc(F)cc1)C1CCCCC1.Cl.Cl. The fourth-order valence-corrected chi connectivity index (χ4v) is 6.80. The minimum atomic E-state index is -0.527. The van der Waals surface area contributed by atoms with E-state index >= 15 is 0 Å². The zero-order valence-electron chi connectivity index (χ0n) is 23.5. The van der Waals surface area contributed by atoms with Gasteiger partial charge in [0, 0.05) is 25.3 Å². The molecular weight excluding hydrogens is 554 g/mol. The van der Waals surface area contributed by atoms with E-state index in [0.717, 1.165) is 62.9 Å². The second-order valence-corrected chi connectivity index (χ2v) is 11.4. The van der Waals surface area contributed by atoms with Crippen molar-refractivity contribution >= 4 is 36.6 Å². The molecule has 2 N–H and O–H groups in total. The summed E-state index contributed by atoms with van der Waals surface area (Å²) in [7, 11) is 1.88. The molecule has 2 aliphatic heterocycles. The number of nitrogens with two attached hydrogens (primary N) is 1. The van der Waals surface area contributed by atoms with Crippen molar-refractivity contribution in [3.8, 4) is 0 Å². The summed E-state index contributed by atoms with van der Waals surface area (Å²) >= 11 is 0. The molecule has 222 valence electrons. The summed E-state index contributed by atoms with van der Waals surface area (Å²) < 4.78 is 15.4. The van der Waals surface area contributed by atoms with Gasteiger partial charge in [0.1, 0.15) is 5.82 Å². The summed E-state index contributed by atoms with van der Waals surface area (Å²) in [6, 6.07) is 7.79. The Morgan fingerprint density at radius 3 is 2.42 bits per heavy atom. The molecule has 3 fully saturated rings. The molecule has 1 saturated carbocycles. The summed E-state index contributed by atoms with van der Waals surface area (Å²) in [5.41, 5.74) is 7.66. The van der Waals surface area contributed by atoms with Crippen LogP contribution in [0.5, 0.6) is 0 Å². The Morgan fingerprint density at radius 2 is 1.75 bits per heavy atom. The van der Waals surface area contributed by atoms with Crippen molar-refractivity contribution in [1.82, 2.24) is 24.5 Å². The highest BCUT2D eigenvalue weighted by Gasteiger charge is 2.45. The number of halogens is 3. The fraction of sp³-hybridized carbons (Fsp3) is 0.621. The van der Waals surface area contributed by atoms with Gasteiger partial charge in [0.2, 0.25) is 11.8 Å². The Bertz CT molecular complexity index is 1130. The highest BCUT2D eigenvalue weighted by atomic mass is 35.5. The maximum atomic E-state index is 14.6. The number of primary amides is 1. The maximum Gasteiger partial charge on any atom is 0.240 e. The third-order valence-corrected chi connectivity index (χ3v) is 9.12. The Morgan fingerprint density at radius 1 is 1.05 bits per heavy atom. The van der Waals surface area contributed by atoms with Crippen molar-refractivity contribution in [1.29, 1.82) is 0 Å². The predicted molar refractivity (Wildman–Crippen MR) is 158 cm³/mol. The van der Waals surface area contributed by atoms with Gasteiger partial charge < -0.3 is 10.6 Å². The topological polar surface area (TPSA) is 87.7 Å². The van der Waals surface area contributed by atoms with E-state index in [1.807, 2.05) is 22.7 Å². The number of rotatable bonds is 8. The van der Waals surface area contributed by atoms with Crippen LogP contribution in [0.3, 0.4) is 0 Å². The molecule has 1 aromatic carbocycles. The number of nitrogens with zero attached hydrogens (tertiary/aromatic N) is 5. The maximum absolute atomic E-state index is 14.6. The third kappa shape index (κ3) is 6.81. The number of benzene rings is 1. The number of carbonyl (C=O) groups excluding carboxylic acids is 2. The zero-order valence-corrected chi connectivity index (χ0v) is 25.1. The number of likely N-dealkylation sites (N-methyl/N-ethyl adjacent to an activating group) is 1. The molecule has 2 aromatic rings. The quantitative estimate of drug-likeness (QED) is 0.497. The number of amides is 2. The summed E-state index contributed by atoms with van der Waals surface area (Å²) in [5.74, 6) is -0.370. The van der Waals surface area contributed by atoms with Gasteiger partial charge in [-0.15, -0.1) is 24.8 Å². The normalized spacial score (nSPS) is 23.1. The molecule has 8 nitrogen and oxygen atoms in total. The molecular formula is C29H43Cl2FN6O2. The second-order valence-electron chi connectivity index (χ2n) is 11.4. The van der Waals surface area contributed by atoms with Crippen molar-refractivity contribution in [3.63, 3.8) is 0 Å². The molecule has 4 atom stereocenters. The molecule has 11 heteroatoms. The van der Waals surface area contributed by atoms with Crippen molar-refractivity contribution in [3.05, 3.63) is 53.6 Å². The van der Waals surface area contributed by atoms with E-state index in [-0.39, 0.29) is 54.5 Å². The van der Waals surface area contributed by atoms with Crippen LogP contribution in [0.25, 0.3) is 0 Å². The first-order valence-corrected chi connectivity index (χ1v) is 14.2. The molecule has 5 rings (SSSR count). The van der Waals surface area contributed by atoms with Gasteiger partial charge in [-0.2, -0.15) is 5.10 Å². The number of fused-ring (bicyclic) bond motifs is 1. The minimum Gasteiger partial charge on any atom is -0.368 e. The van der Waals surface area contributed by atoms with Gasteiger partial charge in [-0.3, -0.25) is 24.1 Å². The van der Waals surface area contributed by atoms with Gasteiger partial charge in [-0.25, -0.2) is 4.39 Å². The molecule has 2 amide bonds. The van der Waals surface area contributed by atoms with Crippen LogP contribution in [0.4, 0.5) is 4.39 Å². The van der Waals surface area contributed by atoms with Gasteiger partial charge in [-0.05, 0) is 75.9 Å². The number of hydrogen-bond donors (Lipinski definition) is 1. The summed E-state index contributed by atoms with van der Waals surface area (Å²) in [4.78, 5) is 33.3. The van der Waals surface area contributed by atoms with Gasteiger partial charge in [0.05, 0.1) is 30.4 Å². The average molecular weight is 598 g/mol. The molecule has 1 aliphatic carbocycles. The van der Waals surface area contributed by atoms with Crippen molar-refractivity contribution in [2.24, 2.45) is 11.7 Å². The number of hydrogen-bond acceptors (Lipinski definition) is 5. The monoisotopic (exact) mass is 596 g/mol. The van der Waals surface area contributed by atoms with Crippen LogP contribution in [0.15, 0.2) is 36.5 Å². The molecule has 3 heterocycles. The molecule has 0 radical (unpaired) electrons. The van der Waals surface area contributed by atoms with E-state index in [2.05, 4.69) is 14.9 Å². The number of carbonyl (C=O) groups is 2. The first-order valence-electron chi connectivity index (χ1n) is 14.2. The van der Waals surface area contributed by atoms with E-state index in [0.29, 0.717) is 19.1 Å². The Hall–Kier alpha value is -2.20.